The molecule has 0 saturated heterocycles. The second kappa shape index (κ2) is 3.81. The van der Waals surface area contributed by atoms with Crippen molar-refractivity contribution in [2.75, 3.05) is 5.73 Å². The second-order valence-electron chi connectivity index (χ2n) is 2.55. The van der Waals surface area contributed by atoms with Gasteiger partial charge in [0.25, 0.3) is 0 Å². The highest BCUT2D eigenvalue weighted by atomic mass is 127. The number of nitrogens with zero attached hydrogens (tertiary/aromatic N) is 4. The van der Waals surface area contributed by atoms with E-state index in [9.17, 15) is 0 Å². The molecule has 1 aromatic carbocycles. The van der Waals surface area contributed by atoms with Crippen LogP contribution in [0.2, 0.25) is 0 Å². The number of hydrogen-bond donors (Lipinski definition) is 1. The first kappa shape index (κ1) is 9.84. The Hall–Kier alpha value is -0.700. The molecule has 0 aliphatic carbocycles. The van der Waals surface area contributed by atoms with Gasteiger partial charge in [-0.05, 0) is 67.1 Å². The standard InChI is InChI=1S/C7H5BrIN5/c8-5-3-4(1-2-6(5)9)14-7(10)11-12-13-14/h1-3H,(H2,10,11,13). The number of rotatable bonds is 1. The molecule has 1 aromatic heterocycles. The predicted octanol–water partition coefficient (Wildman–Crippen LogP) is 1.61. The summed E-state index contributed by atoms with van der Waals surface area (Å²) in [5, 5.41) is 10.8. The van der Waals surface area contributed by atoms with Gasteiger partial charge >= 0.3 is 0 Å². The van der Waals surface area contributed by atoms with Gasteiger partial charge < -0.3 is 5.73 Å². The van der Waals surface area contributed by atoms with Crippen molar-refractivity contribution in [3.63, 3.8) is 0 Å². The van der Waals surface area contributed by atoms with Gasteiger partial charge in [0, 0.05) is 8.04 Å². The maximum Gasteiger partial charge on any atom is 0.245 e. The van der Waals surface area contributed by atoms with E-state index in [4.69, 9.17) is 5.73 Å². The summed E-state index contributed by atoms with van der Waals surface area (Å²) in [5.74, 6) is 0.276. The largest absolute Gasteiger partial charge is 0.366 e. The summed E-state index contributed by atoms with van der Waals surface area (Å²) in [6.45, 7) is 0. The van der Waals surface area contributed by atoms with Crippen molar-refractivity contribution in [3.8, 4) is 5.69 Å². The third-order valence-electron chi connectivity index (χ3n) is 1.64. The summed E-state index contributed by atoms with van der Waals surface area (Å²) in [5.41, 5.74) is 6.40. The summed E-state index contributed by atoms with van der Waals surface area (Å²) in [6.07, 6.45) is 0. The van der Waals surface area contributed by atoms with Crippen LogP contribution in [0.5, 0.6) is 0 Å². The Morgan fingerprint density at radius 1 is 1.43 bits per heavy atom. The quantitative estimate of drug-likeness (QED) is 0.779. The minimum atomic E-state index is 0.276. The van der Waals surface area contributed by atoms with Gasteiger partial charge in [0.15, 0.2) is 0 Å². The highest BCUT2D eigenvalue weighted by Gasteiger charge is 2.05. The van der Waals surface area contributed by atoms with E-state index in [1.54, 1.807) is 0 Å². The van der Waals surface area contributed by atoms with E-state index in [0.717, 1.165) is 13.7 Å². The smallest absolute Gasteiger partial charge is 0.245 e. The molecule has 0 atom stereocenters. The van der Waals surface area contributed by atoms with E-state index in [0.29, 0.717) is 0 Å². The molecule has 0 bridgehead atoms. The SMILES string of the molecule is Nc1nnnn1-c1ccc(I)c(Br)c1. The Kier molecular flexibility index (Phi) is 2.68. The number of hydrogen-bond acceptors (Lipinski definition) is 4. The zero-order chi connectivity index (χ0) is 10.1. The first-order valence-electron chi connectivity index (χ1n) is 3.68. The summed E-state index contributed by atoms with van der Waals surface area (Å²) in [6, 6.07) is 5.77. The fourth-order valence-corrected chi connectivity index (χ4v) is 1.70. The van der Waals surface area contributed by atoms with Crippen LogP contribution in [-0.2, 0) is 0 Å². The molecule has 2 N–H and O–H groups in total. The van der Waals surface area contributed by atoms with Gasteiger partial charge in [-0.25, -0.2) is 0 Å². The molecule has 0 spiro atoms. The molecule has 72 valence electrons. The molecule has 1 heterocycles. The fraction of sp³-hybridized carbons (Fsp3) is 0. The zero-order valence-electron chi connectivity index (χ0n) is 6.85. The number of nitrogen functional groups attached to an aromatic ring is 1. The van der Waals surface area contributed by atoms with E-state index >= 15 is 0 Å². The lowest BCUT2D eigenvalue weighted by atomic mass is 10.3. The van der Waals surface area contributed by atoms with Crippen LogP contribution in [0.15, 0.2) is 22.7 Å². The molecular weight excluding hydrogens is 361 g/mol. The first-order chi connectivity index (χ1) is 6.68. The molecular formula is C7H5BrIN5. The number of benzene rings is 1. The Bertz CT molecular complexity index is 469. The Balaban J connectivity index is 2.53. The van der Waals surface area contributed by atoms with E-state index < -0.39 is 0 Å². The lowest BCUT2D eigenvalue weighted by Crippen LogP contribution is -2.02. The number of tetrazole rings is 1. The van der Waals surface area contributed by atoms with Gasteiger partial charge in [-0.3, -0.25) is 0 Å². The molecule has 0 fully saturated rings. The summed E-state index contributed by atoms with van der Waals surface area (Å²) < 4.78 is 3.59. The van der Waals surface area contributed by atoms with E-state index in [-0.39, 0.29) is 5.95 Å². The third kappa shape index (κ3) is 1.73. The van der Waals surface area contributed by atoms with Crippen LogP contribution in [0.1, 0.15) is 0 Å². The highest BCUT2D eigenvalue weighted by molar-refractivity contribution is 14.1. The van der Waals surface area contributed by atoms with Gasteiger partial charge in [-0.2, -0.15) is 4.68 Å². The third-order valence-corrected chi connectivity index (χ3v) is 3.98. The molecule has 0 saturated carbocycles. The Morgan fingerprint density at radius 3 is 2.79 bits per heavy atom. The summed E-state index contributed by atoms with van der Waals surface area (Å²) in [4.78, 5) is 0. The van der Waals surface area contributed by atoms with Gasteiger partial charge in [-0.1, -0.05) is 5.10 Å². The summed E-state index contributed by atoms with van der Waals surface area (Å²) in [7, 11) is 0. The first-order valence-corrected chi connectivity index (χ1v) is 5.55. The molecule has 0 amide bonds. The van der Waals surface area contributed by atoms with Crippen molar-refractivity contribution in [1.29, 1.82) is 0 Å². The number of halogens is 2. The van der Waals surface area contributed by atoms with Gasteiger partial charge in [0.05, 0.1) is 5.69 Å². The van der Waals surface area contributed by atoms with E-state index in [2.05, 4.69) is 54.0 Å². The van der Waals surface area contributed by atoms with Crippen molar-refractivity contribution in [2.45, 2.75) is 0 Å². The monoisotopic (exact) mass is 365 g/mol. The topological polar surface area (TPSA) is 69.6 Å². The molecule has 0 aliphatic heterocycles. The number of aromatic nitrogens is 4. The second-order valence-corrected chi connectivity index (χ2v) is 4.56. The summed E-state index contributed by atoms with van der Waals surface area (Å²) >= 11 is 5.65. The van der Waals surface area contributed by atoms with E-state index in [1.165, 1.54) is 4.68 Å². The van der Waals surface area contributed by atoms with Crippen molar-refractivity contribution >= 4 is 44.5 Å². The van der Waals surface area contributed by atoms with Crippen molar-refractivity contribution in [1.82, 2.24) is 20.2 Å². The number of nitrogens with two attached hydrogens (primary N) is 1. The predicted molar refractivity (Wildman–Crippen MR) is 64.0 cm³/mol. The molecule has 2 aromatic rings. The lowest BCUT2D eigenvalue weighted by Gasteiger charge is -2.02. The average Bonchev–Trinajstić information content (AvgIpc) is 2.57. The number of anilines is 1. The van der Waals surface area contributed by atoms with Crippen LogP contribution >= 0.6 is 38.5 Å². The molecule has 7 heteroatoms. The molecule has 5 nitrogen and oxygen atoms in total. The minimum absolute atomic E-state index is 0.276. The van der Waals surface area contributed by atoms with E-state index in [1.807, 2.05) is 18.2 Å². The lowest BCUT2D eigenvalue weighted by molar-refractivity contribution is 0.791. The molecule has 2 rings (SSSR count). The zero-order valence-corrected chi connectivity index (χ0v) is 10.6. The van der Waals surface area contributed by atoms with Crippen LogP contribution in [0.25, 0.3) is 5.69 Å². The van der Waals surface area contributed by atoms with Crippen LogP contribution < -0.4 is 5.73 Å². The minimum Gasteiger partial charge on any atom is -0.366 e. The molecule has 0 radical (unpaired) electrons. The Morgan fingerprint density at radius 2 is 2.21 bits per heavy atom. The maximum atomic E-state index is 5.57. The van der Waals surface area contributed by atoms with Crippen LogP contribution in [0.3, 0.4) is 0 Å². The maximum absolute atomic E-state index is 5.57. The Labute approximate surface area is 102 Å². The van der Waals surface area contributed by atoms with Crippen molar-refractivity contribution in [3.05, 3.63) is 26.2 Å². The van der Waals surface area contributed by atoms with Crippen molar-refractivity contribution in [2.24, 2.45) is 0 Å². The molecule has 0 aliphatic rings. The average molecular weight is 366 g/mol. The van der Waals surface area contributed by atoms with Crippen LogP contribution in [0.4, 0.5) is 5.95 Å². The van der Waals surface area contributed by atoms with Gasteiger partial charge in [0.1, 0.15) is 0 Å². The van der Waals surface area contributed by atoms with Gasteiger partial charge in [0.2, 0.25) is 5.95 Å². The fourth-order valence-electron chi connectivity index (χ4n) is 0.995. The molecule has 14 heavy (non-hydrogen) atoms. The van der Waals surface area contributed by atoms with Gasteiger partial charge in [-0.15, -0.1) is 0 Å². The normalized spacial score (nSPS) is 10.4. The highest BCUT2D eigenvalue weighted by Crippen LogP contribution is 2.22. The van der Waals surface area contributed by atoms with Crippen LogP contribution in [0, 0.1) is 3.57 Å². The van der Waals surface area contributed by atoms with Crippen molar-refractivity contribution < 1.29 is 0 Å². The van der Waals surface area contributed by atoms with Crippen LogP contribution in [-0.4, -0.2) is 20.2 Å². The molecule has 0 unspecified atom stereocenters.